The molecule has 11 N–H and O–H groups in total. The van der Waals surface area contributed by atoms with Gasteiger partial charge in [0.05, 0.1) is 0 Å². The van der Waals surface area contributed by atoms with Gasteiger partial charge in [0.25, 0.3) is 23.9 Å². The van der Waals surface area contributed by atoms with Crippen LogP contribution in [0.25, 0.3) is 0 Å². The minimum absolute atomic E-state index is 0. The molecule has 0 spiro atoms. The number of aliphatic carboxylic acids is 4. The van der Waals surface area contributed by atoms with Crippen molar-refractivity contribution < 1.29 is 50.6 Å². The van der Waals surface area contributed by atoms with Crippen molar-refractivity contribution in [3.8, 4) is 0 Å². The lowest BCUT2D eigenvalue weighted by molar-refractivity contribution is -0.135. The fraction of sp³-hybridized carbons (Fsp3) is 0.500. The maximum Gasteiger partial charge on any atom is 0.300 e. The molecule has 0 aromatic carbocycles. The third kappa shape index (κ3) is 1220. The smallest absolute Gasteiger partial charge is 0.300 e. The minimum atomic E-state index is -0.833. The second kappa shape index (κ2) is 43.4. The SMILES string of the molecule is Br.CC(=O)O.CC(=O)O.CC(=O)O.CC(=O)O.N.O.O. The highest BCUT2D eigenvalue weighted by molar-refractivity contribution is 8.93. The summed E-state index contributed by atoms with van der Waals surface area (Å²) in [6.45, 7) is 4.33. The first kappa shape index (κ1) is 51.7. The van der Waals surface area contributed by atoms with Crippen LogP contribution in [0, 0.1) is 0 Å². The highest BCUT2D eigenvalue weighted by atomic mass is 79.9. The highest BCUT2D eigenvalue weighted by Gasteiger charge is 1.66. The Labute approximate surface area is 126 Å². The van der Waals surface area contributed by atoms with Crippen LogP contribution in [-0.4, -0.2) is 55.3 Å². The maximum atomic E-state index is 9.00. The van der Waals surface area contributed by atoms with Crippen molar-refractivity contribution >= 4 is 40.9 Å². The van der Waals surface area contributed by atoms with Gasteiger partial charge in [0, 0.05) is 27.7 Å². The van der Waals surface area contributed by atoms with Gasteiger partial charge in [-0.3, -0.25) is 19.2 Å². The van der Waals surface area contributed by atoms with Crippen LogP contribution in [0.3, 0.4) is 0 Å². The quantitative estimate of drug-likeness (QED) is 0.364. The van der Waals surface area contributed by atoms with Gasteiger partial charge in [-0.2, -0.15) is 0 Å². The Morgan fingerprint density at radius 2 is 0.550 bits per heavy atom. The van der Waals surface area contributed by atoms with E-state index in [1.165, 1.54) is 0 Å². The van der Waals surface area contributed by atoms with Gasteiger partial charge in [-0.05, 0) is 0 Å². The van der Waals surface area contributed by atoms with Crippen molar-refractivity contribution in [3.05, 3.63) is 0 Å². The third-order valence-electron chi connectivity index (χ3n) is 0. The summed E-state index contributed by atoms with van der Waals surface area (Å²) < 4.78 is 0. The van der Waals surface area contributed by atoms with Crippen molar-refractivity contribution in [1.29, 1.82) is 0 Å². The number of halogens is 1. The molecule has 0 aromatic heterocycles. The summed E-state index contributed by atoms with van der Waals surface area (Å²) in [4.78, 5) is 36.0. The van der Waals surface area contributed by atoms with Crippen LogP contribution in [-0.2, 0) is 19.2 Å². The molecule has 0 saturated carbocycles. The molecule has 20 heavy (non-hydrogen) atoms. The van der Waals surface area contributed by atoms with Gasteiger partial charge in [0.1, 0.15) is 0 Å². The molecule has 0 radical (unpaired) electrons. The lowest BCUT2D eigenvalue weighted by atomic mass is 10.9. The Hall–Kier alpha value is -1.76. The molecule has 0 atom stereocenters. The molecule has 0 amide bonds. The van der Waals surface area contributed by atoms with E-state index < -0.39 is 23.9 Å². The van der Waals surface area contributed by atoms with Gasteiger partial charge in [-0.25, -0.2) is 0 Å². The van der Waals surface area contributed by atoms with Gasteiger partial charge in [-0.15, -0.1) is 17.0 Å². The van der Waals surface area contributed by atoms with Crippen molar-refractivity contribution in [2.24, 2.45) is 0 Å². The fourth-order valence-electron chi connectivity index (χ4n) is 0. The fourth-order valence-corrected chi connectivity index (χ4v) is 0. The van der Waals surface area contributed by atoms with Crippen molar-refractivity contribution in [1.82, 2.24) is 6.15 Å². The molecule has 0 heterocycles. The Kier molecular flexibility index (Phi) is 112. The normalized spacial score (nSPS) is 5.00. The van der Waals surface area contributed by atoms with Crippen LogP contribution in [0.5, 0.6) is 0 Å². The summed E-state index contributed by atoms with van der Waals surface area (Å²) in [5.41, 5.74) is 0. The molecule has 0 saturated heterocycles. The lowest BCUT2D eigenvalue weighted by Crippen LogP contribution is -1.78. The molecule has 0 aliphatic carbocycles. The van der Waals surface area contributed by atoms with Crippen molar-refractivity contribution in [2.45, 2.75) is 27.7 Å². The van der Waals surface area contributed by atoms with Gasteiger partial charge in [0.15, 0.2) is 0 Å². The Balaban J connectivity index is -0.0000000150. The number of hydrogen-bond donors (Lipinski definition) is 5. The second-order valence-electron chi connectivity index (χ2n) is 2.08. The zero-order valence-corrected chi connectivity index (χ0v) is 13.3. The van der Waals surface area contributed by atoms with Crippen molar-refractivity contribution in [2.75, 3.05) is 0 Å². The Morgan fingerprint density at radius 3 is 0.550 bits per heavy atom. The van der Waals surface area contributed by atoms with E-state index in [1.54, 1.807) is 0 Å². The third-order valence-corrected chi connectivity index (χ3v) is 0. The van der Waals surface area contributed by atoms with Gasteiger partial charge in [-0.1, -0.05) is 0 Å². The number of carboxylic acid groups (broad SMARTS) is 4. The molecule has 0 bridgehead atoms. The molecule has 11 nitrogen and oxygen atoms in total. The van der Waals surface area contributed by atoms with Crippen LogP contribution in [0.15, 0.2) is 0 Å². The van der Waals surface area contributed by atoms with Crippen LogP contribution >= 0.6 is 17.0 Å². The zero-order chi connectivity index (χ0) is 14.3. The average molecular weight is 374 g/mol. The molecule has 0 fully saturated rings. The molecule has 0 aromatic rings. The molecule has 128 valence electrons. The molecule has 0 aliphatic rings. The van der Waals surface area contributed by atoms with E-state index in [0.29, 0.717) is 0 Å². The standard InChI is InChI=1S/4C2H4O2.BrH.H3N.2H2O/c4*1-2(3)4;;;;/h4*1H3,(H,3,4);1H;1H3;2*1H2. The maximum absolute atomic E-state index is 9.00. The van der Waals surface area contributed by atoms with Crippen LogP contribution in [0.1, 0.15) is 27.7 Å². The summed E-state index contributed by atoms with van der Waals surface area (Å²) >= 11 is 0. The molecular weight excluding hydrogens is 350 g/mol. The topological polar surface area (TPSA) is 247 Å². The summed E-state index contributed by atoms with van der Waals surface area (Å²) in [5, 5.41) is 29.7. The molecular formula is C8H24BrNO10. The van der Waals surface area contributed by atoms with E-state index in [4.69, 9.17) is 39.6 Å². The molecule has 12 heteroatoms. The van der Waals surface area contributed by atoms with Crippen LogP contribution < -0.4 is 6.15 Å². The Morgan fingerprint density at radius 1 is 0.550 bits per heavy atom. The average Bonchev–Trinajstić information content (AvgIpc) is 1.76. The van der Waals surface area contributed by atoms with Crippen molar-refractivity contribution in [3.63, 3.8) is 0 Å². The minimum Gasteiger partial charge on any atom is -0.481 e. The first-order chi connectivity index (χ1) is 6.93. The van der Waals surface area contributed by atoms with E-state index in [-0.39, 0.29) is 34.1 Å². The second-order valence-corrected chi connectivity index (χ2v) is 2.08. The predicted molar refractivity (Wildman–Crippen MR) is 75.8 cm³/mol. The first-order valence-corrected chi connectivity index (χ1v) is 3.71. The summed E-state index contributed by atoms with van der Waals surface area (Å²) in [7, 11) is 0. The molecule has 0 rings (SSSR count). The zero-order valence-electron chi connectivity index (χ0n) is 11.5. The molecule has 0 aliphatic heterocycles. The number of carboxylic acids is 4. The van der Waals surface area contributed by atoms with E-state index >= 15 is 0 Å². The number of hydrogen-bond acceptors (Lipinski definition) is 5. The van der Waals surface area contributed by atoms with Gasteiger partial charge < -0.3 is 37.5 Å². The van der Waals surface area contributed by atoms with Crippen LogP contribution in [0.4, 0.5) is 0 Å². The van der Waals surface area contributed by atoms with E-state index in [9.17, 15) is 0 Å². The number of carbonyl (C=O) groups is 4. The van der Waals surface area contributed by atoms with E-state index in [0.717, 1.165) is 27.7 Å². The summed E-state index contributed by atoms with van der Waals surface area (Å²) in [6, 6.07) is 0. The van der Waals surface area contributed by atoms with E-state index in [1.807, 2.05) is 0 Å². The number of rotatable bonds is 0. The first-order valence-electron chi connectivity index (χ1n) is 3.71. The predicted octanol–water partition coefficient (Wildman–Crippen LogP) is -0.546. The van der Waals surface area contributed by atoms with Gasteiger partial charge >= 0.3 is 0 Å². The van der Waals surface area contributed by atoms with Crippen LogP contribution in [0.2, 0.25) is 0 Å². The summed E-state index contributed by atoms with van der Waals surface area (Å²) in [5.74, 6) is -3.33. The monoisotopic (exact) mass is 373 g/mol. The molecule has 0 unspecified atom stereocenters. The highest BCUT2D eigenvalue weighted by Crippen LogP contribution is 1.43. The lowest BCUT2D eigenvalue weighted by Gasteiger charge is -1.59. The Bertz CT molecular complexity index is 169. The summed E-state index contributed by atoms with van der Waals surface area (Å²) in [6.07, 6.45) is 0. The van der Waals surface area contributed by atoms with Gasteiger partial charge in [0.2, 0.25) is 0 Å². The van der Waals surface area contributed by atoms with E-state index in [2.05, 4.69) is 0 Å². The largest absolute Gasteiger partial charge is 0.481 e.